The normalized spacial score (nSPS) is 21.9. The second-order valence-corrected chi connectivity index (χ2v) is 8.90. The summed E-state index contributed by atoms with van der Waals surface area (Å²) >= 11 is 5.82. The van der Waals surface area contributed by atoms with Crippen molar-refractivity contribution in [2.45, 2.75) is 38.5 Å². The molecule has 2 rings (SSSR count). The Kier molecular flexibility index (Phi) is 4.47. The van der Waals surface area contributed by atoms with E-state index in [9.17, 15) is 8.42 Å². The van der Waals surface area contributed by atoms with Gasteiger partial charge in [-0.05, 0) is 48.4 Å². The molecule has 5 heteroatoms. The minimum absolute atomic E-state index is 0.133. The minimum atomic E-state index is -3.40. The van der Waals surface area contributed by atoms with Crippen LogP contribution in [0.2, 0.25) is 5.02 Å². The van der Waals surface area contributed by atoms with Gasteiger partial charge in [-0.1, -0.05) is 32.4 Å². The number of halogens is 1. The quantitative estimate of drug-likeness (QED) is 0.832. The zero-order chi connectivity index (χ0) is 15.0. The van der Waals surface area contributed by atoms with Gasteiger partial charge >= 0.3 is 0 Å². The van der Waals surface area contributed by atoms with Crippen LogP contribution in [-0.4, -0.2) is 25.8 Å². The average Bonchev–Trinajstić information content (AvgIpc) is 2.38. The Labute approximate surface area is 127 Å². The predicted octanol–water partition coefficient (Wildman–Crippen LogP) is 3.79. The lowest BCUT2D eigenvalue weighted by Gasteiger charge is -2.39. The van der Waals surface area contributed by atoms with Crippen LogP contribution < -0.4 is 0 Å². The third-order valence-electron chi connectivity index (χ3n) is 4.06. The van der Waals surface area contributed by atoms with Crippen molar-refractivity contribution in [1.82, 2.24) is 4.31 Å². The molecule has 1 aliphatic heterocycles. The number of hydrogen-bond acceptors (Lipinski definition) is 2. The van der Waals surface area contributed by atoms with Crippen molar-refractivity contribution in [2.24, 2.45) is 11.3 Å². The summed E-state index contributed by atoms with van der Waals surface area (Å²) in [4.78, 5) is 0.330. The van der Waals surface area contributed by atoms with Gasteiger partial charge in [0.15, 0.2) is 0 Å². The summed E-state index contributed by atoms with van der Waals surface area (Å²) in [7, 11) is -3.40. The Hall–Kier alpha value is -0.580. The highest BCUT2D eigenvalue weighted by molar-refractivity contribution is 7.89. The average molecular weight is 316 g/mol. The summed E-state index contributed by atoms with van der Waals surface area (Å²) in [6, 6.07) is 6.41. The first kappa shape index (κ1) is 15.8. The molecule has 1 fully saturated rings. The van der Waals surface area contributed by atoms with Gasteiger partial charge in [-0.15, -0.1) is 0 Å². The highest BCUT2D eigenvalue weighted by Gasteiger charge is 2.35. The lowest BCUT2D eigenvalue weighted by molar-refractivity contribution is 0.148. The van der Waals surface area contributed by atoms with Crippen molar-refractivity contribution < 1.29 is 8.42 Å². The third kappa shape index (κ3) is 3.35. The topological polar surface area (TPSA) is 37.4 Å². The molecule has 0 aliphatic carbocycles. The number of hydrogen-bond donors (Lipinski definition) is 0. The minimum Gasteiger partial charge on any atom is -0.207 e. The molecule has 0 saturated carbocycles. The van der Waals surface area contributed by atoms with Crippen LogP contribution in [0.25, 0.3) is 0 Å². The zero-order valence-electron chi connectivity index (χ0n) is 12.3. The van der Waals surface area contributed by atoms with E-state index in [1.54, 1.807) is 28.6 Å². The van der Waals surface area contributed by atoms with Crippen molar-refractivity contribution >= 4 is 21.6 Å². The Morgan fingerprint density at radius 2 is 1.80 bits per heavy atom. The molecular weight excluding hydrogens is 294 g/mol. The monoisotopic (exact) mass is 315 g/mol. The van der Waals surface area contributed by atoms with Crippen LogP contribution in [0.1, 0.15) is 33.6 Å². The molecule has 20 heavy (non-hydrogen) atoms. The van der Waals surface area contributed by atoms with E-state index < -0.39 is 10.0 Å². The van der Waals surface area contributed by atoms with Crippen molar-refractivity contribution in [2.75, 3.05) is 13.1 Å². The molecule has 0 amide bonds. The largest absolute Gasteiger partial charge is 0.243 e. The smallest absolute Gasteiger partial charge is 0.207 e. The van der Waals surface area contributed by atoms with E-state index in [1.807, 2.05) is 0 Å². The Morgan fingerprint density at radius 3 is 2.35 bits per heavy atom. The van der Waals surface area contributed by atoms with Gasteiger partial charge in [0.25, 0.3) is 0 Å². The molecule has 1 aromatic rings. The fourth-order valence-corrected chi connectivity index (χ4v) is 4.27. The molecule has 0 aromatic heterocycles. The number of sulfonamides is 1. The maximum Gasteiger partial charge on any atom is 0.243 e. The van der Waals surface area contributed by atoms with Gasteiger partial charge in [0.1, 0.15) is 0 Å². The maximum atomic E-state index is 12.7. The number of rotatable bonds is 2. The molecule has 0 spiro atoms. The van der Waals surface area contributed by atoms with E-state index in [-0.39, 0.29) is 5.41 Å². The Bertz CT molecular complexity index is 561. The lowest BCUT2D eigenvalue weighted by Crippen LogP contribution is -2.43. The molecule has 3 nitrogen and oxygen atoms in total. The first-order valence-corrected chi connectivity index (χ1v) is 8.79. The van der Waals surface area contributed by atoms with E-state index >= 15 is 0 Å². The van der Waals surface area contributed by atoms with Gasteiger partial charge in [-0.2, -0.15) is 4.31 Å². The molecule has 112 valence electrons. The van der Waals surface area contributed by atoms with Crippen molar-refractivity contribution in [3.63, 3.8) is 0 Å². The van der Waals surface area contributed by atoms with Gasteiger partial charge in [0, 0.05) is 18.1 Å². The highest BCUT2D eigenvalue weighted by atomic mass is 35.5. The fourth-order valence-electron chi connectivity index (χ4n) is 2.62. The molecule has 1 aromatic carbocycles. The van der Waals surface area contributed by atoms with Crippen molar-refractivity contribution in [3.8, 4) is 0 Å². The van der Waals surface area contributed by atoms with Crippen LogP contribution in [0.4, 0.5) is 0 Å². The van der Waals surface area contributed by atoms with Gasteiger partial charge in [-0.25, -0.2) is 8.42 Å². The summed E-state index contributed by atoms with van der Waals surface area (Å²) in [6.07, 6.45) is 2.02. The first-order valence-electron chi connectivity index (χ1n) is 6.97. The summed E-state index contributed by atoms with van der Waals surface area (Å²) in [6.45, 7) is 7.74. The van der Waals surface area contributed by atoms with Crippen LogP contribution in [0.15, 0.2) is 29.2 Å². The fraction of sp³-hybridized carbons (Fsp3) is 0.600. The lowest BCUT2D eigenvalue weighted by atomic mass is 9.77. The van der Waals surface area contributed by atoms with Crippen molar-refractivity contribution in [1.29, 1.82) is 0 Å². The van der Waals surface area contributed by atoms with Crippen LogP contribution in [-0.2, 0) is 10.0 Å². The van der Waals surface area contributed by atoms with Crippen LogP contribution in [0.5, 0.6) is 0 Å². The van der Waals surface area contributed by atoms with E-state index in [0.717, 1.165) is 12.8 Å². The number of nitrogens with zero attached hydrogens (tertiary/aromatic N) is 1. The standard InChI is InChI=1S/C15H22ClNO2S/c1-15(2,3)12-5-4-10-17(11-12)20(18,19)14-8-6-13(16)7-9-14/h6-9,12H,4-5,10-11H2,1-3H3. The predicted molar refractivity (Wildman–Crippen MR) is 82.4 cm³/mol. The summed E-state index contributed by atoms with van der Waals surface area (Å²) in [5.74, 6) is 0.401. The molecule has 0 radical (unpaired) electrons. The highest BCUT2D eigenvalue weighted by Crippen LogP contribution is 2.35. The molecule has 1 heterocycles. The molecule has 0 bridgehead atoms. The van der Waals surface area contributed by atoms with Crippen LogP contribution >= 0.6 is 11.6 Å². The Balaban J connectivity index is 2.23. The van der Waals surface area contributed by atoms with Gasteiger partial charge in [0.05, 0.1) is 4.90 Å². The summed E-state index contributed by atoms with van der Waals surface area (Å²) in [5, 5.41) is 0.551. The van der Waals surface area contributed by atoms with Crippen molar-refractivity contribution in [3.05, 3.63) is 29.3 Å². The molecule has 1 unspecified atom stereocenters. The second kappa shape index (κ2) is 5.66. The number of benzene rings is 1. The first-order chi connectivity index (χ1) is 9.21. The van der Waals surface area contributed by atoms with E-state index in [2.05, 4.69) is 20.8 Å². The molecule has 1 saturated heterocycles. The molecule has 0 N–H and O–H groups in total. The van der Waals surface area contributed by atoms with E-state index in [4.69, 9.17) is 11.6 Å². The molecule has 1 aliphatic rings. The maximum absolute atomic E-state index is 12.7. The van der Waals surface area contributed by atoms with Gasteiger partial charge in [0.2, 0.25) is 10.0 Å². The number of piperidine rings is 1. The molecule has 1 atom stereocenters. The SMILES string of the molecule is CC(C)(C)C1CCCN(S(=O)(=O)c2ccc(Cl)cc2)C1. The van der Waals surface area contributed by atoms with Crippen LogP contribution in [0, 0.1) is 11.3 Å². The van der Waals surface area contributed by atoms with Crippen LogP contribution in [0.3, 0.4) is 0 Å². The third-order valence-corrected chi connectivity index (χ3v) is 6.19. The summed E-state index contributed by atoms with van der Waals surface area (Å²) in [5.41, 5.74) is 0.133. The van der Waals surface area contributed by atoms with Gasteiger partial charge in [-0.3, -0.25) is 0 Å². The van der Waals surface area contributed by atoms with E-state index in [0.29, 0.717) is 28.9 Å². The van der Waals surface area contributed by atoms with Gasteiger partial charge < -0.3 is 0 Å². The zero-order valence-corrected chi connectivity index (χ0v) is 13.8. The second-order valence-electron chi connectivity index (χ2n) is 6.52. The molecular formula is C15H22ClNO2S. The van der Waals surface area contributed by atoms with E-state index in [1.165, 1.54) is 0 Å². The summed E-state index contributed by atoms with van der Waals surface area (Å²) < 4.78 is 26.9. The Morgan fingerprint density at radius 1 is 1.20 bits per heavy atom.